The largest absolute Gasteiger partial charge is 0.289 e. The molecule has 0 N–H and O–H groups in total. The van der Waals surface area contributed by atoms with Gasteiger partial charge < -0.3 is 0 Å². The zero-order chi connectivity index (χ0) is 12.0. The van der Waals surface area contributed by atoms with Crippen LogP contribution in [0.15, 0.2) is 0 Å². The lowest BCUT2D eigenvalue weighted by Crippen LogP contribution is -2.55. The van der Waals surface area contributed by atoms with Gasteiger partial charge in [-0.2, -0.15) is 0 Å². The van der Waals surface area contributed by atoms with Crippen molar-refractivity contribution in [2.24, 2.45) is 0 Å². The molecule has 1 aliphatic rings. The van der Waals surface area contributed by atoms with E-state index in [1.165, 1.54) is 36.3 Å². The predicted octanol–water partition coefficient (Wildman–Crippen LogP) is 2.80. The Labute approximate surface area is 110 Å². The van der Waals surface area contributed by atoms with Gasteiger partial charge in [-0.05, 0) is 25.4 Å². The fourth-order valence-corrected chi connectivity index (χ4v) is 3.60. The molecule has 1 saturated heterocycles. The van der Waals surface area contributed by atoms with Crippen LogP contribution in [0.5, 0.6) is 0 Å². The summed E-state index contributed by atoms with van der Waals surface area (Å²) in [7, 11) is 0. The standard InChI is InChI=1S/C12H26N2S2/c1-5-15-9-13-7-12(4)14(8-11(13)3)10-16-6-2/h11-12H,5-10H2,1-4H3. The first kappa shape index (κ1) is 14.7. The Morgan fingerprint density at radius 3 is 1.56 bits per heavy atom. The van der Waals surface area contributed by atoms with Gasteiger partial charge in [0.05, 0.1) is 0 Å². The molecule has 0 amide bonds. The summed E-state index contributed by atoms with van der Waals surface area (Å²) in [6.45, 7) is 11.7. The van der Waals surface area contributed by atoms with E-state index in [-0.39, 0.29) is 0 Å². The number of thioether (sulfide) groups is 2. The maximum Gasteiger partial charge on any atom is 0.0448 e. The fourth-order valence-electron chi connectivity index (χ4n) is 2.05. The maximum absolute atomic E-state index is 2.63. The van der Waals surface area contributed by atoms with Gasteiger partial charge in [-0.3, -0.25) is 9.80 Å². The van der Waals surface area contributed by atoms with Gasteiger partial charge in [0.2, 0.25) is 0 Å². The summed E-state index contributed by atoms with van der Waals surface area (Å²) in [6.07, 6.45) is 0. The van der Waals surface area contributed by atoms with Gasteiger partial charge in [-0.15, -0.1) is 23.5 Å². The lowest BCUT2D eigenvalue weighted by Gasteiger charge is -2.43. The normalized spacial score (nSPS) is 28.5. The van der Waals surface area contributed by atoms with E-state index in [0.29, 0.717) is 12.1 Å². The highest BCUT2D eigenvalue weighted by molar-refractivity contribution is 7.99. The van der Waals surface area contributed by atoms with Gasteiger partial charge >= 0.3 is 0 Å². The number of hydrogen-bond acceptors (Lipinski definition) is 4. The van der Waals surface area contributed by atoms with Gasteiger partial charge in [0.25, 0.3) is 0 Å². The van der Waals surface area contributed by atoms with Crippen LogP contribution in [0.25, 0.3) is 0 Å². The van der Waals surface area contributed by atoms with E-state index < -0.39 is 0 Å². The van der Waals surface area contributed by atoms with Crippen LogP contribution in [-0.2, 0) is 0 Å². The summed E-state index contributed by atoms with van der Waals surface area (Å²) in [4.78, 5) is 5.26. The van der Waals surface area contributed by atoms with Gasteiger partial charge in [-0.25, -0.2) is 0 Å². The van der Waals surface area contributed by atoms with Crippen molar-refractivity contribution in [3.8, 4) is 0 Å². The van der Waals surface area contributed by atoms with Crippen molar-refractivity contribution >= 4 is 23.5 Å². The molecular weight excluding hydrogens is 236 g/mol. The molecule has 1 heterocycles. The molecule has 0 bridgehead atoms. The number of hydrogen-bond donors (Lipinski definition) is 0. The molecule has 0 aromatic carbocycles. The molecule has 96 valence electrons. The Kier molecular flexibility index (Phi) is 7.20. The van der Waals surface area contributed by atoms with Gasteiger partial charge in [-0.1, -0.05) is 13.8 Å². The molecule has 0 radical (unpaired) electrons. The highest BCUT2D eigenvalue weighted by atomic mass is 32.2. The molecule has 2 atom stereocenters. The molecule has 2 unspecified atom stereocenters. The molecular formula is C12H26N2S2. The lowest BCUT2D eigenvalue weighted by molar-refractivity contribution is 0.0708. The average Bonchev–Trinajstić information content (AvgIpc) is 2.28. The zero-order valence-electron chi connectivity index (χ0n) is 11.1. The molecule has 2 nitrogen and oxygen atoms in total. The smallest absolute Gasteiger partial charge is 0.0448 e. The van der Waals surface area contributed by atoms with Crippen molar-refractivity contribution in [3.05, 3.63) is 0 Å². The van der Waals surface area contributed by atoms with E-state index in [0.717, 1.165) is 0 Å². The molecule has 1 rings (SSSR count). The third-order valence-corrected chi connectivity index (χ3v) is 5.01. The second kappa shape index (κ2) is 7.85. The minimum atomic E-state index is 0.715. The van der Waals surface area contributed by atoms with E-state index in [2.05, 4.69) is 37.5 Å². The molecule has 1 fully saturated rings. The predicted molar refractivity (Wildman–Crippen MR) is 78.3 cm³/mol. The topological polar surface area (TPSA) is 6.48 Å². The Bertz CT molecular complexity index is 170. The zero-order valence-corrected chi connectivity index (χ0v) is 12.7. The number of piperazine rings is 1. The van der Waals surface area contributed by atoms with Crippen LogP contribution >= 0.6 is 23.5 Å². The van der Waals surface area contributed by atoms with E-state index in [4.69, 9.17) is 0 Å². The van der Waals surface area contributed by atoms with Crippen molar-refractivity contribution in [1.82, 2.24) is 9.80 Å². The Morgan fingerprint density at radius 2 is 1.25 bits per heavy atom. The third-order valence-electron chi connectivity index (χ3n) is 3.17. The Balaban J connectivity index is 2.36. The molecule has 0 aromatic heterocycles. The van der Waals surface area contributed by atoms with Crippen molar-refractivity contribution in [2.75, 3.05) is 36.3 Å². The van der Waals surface area contributed by atoms with Gasteiger partial charge in [0.15, 0.2) is 0 Å². The lowest BCUT2D eigenvalue weighted by atomic mass is 10.1. The Morgan fingerprint density at radius 1 is 0.875 bits per heavy atom. The highest BCUT2D eigenvalue weighted by Gasteiger charge is 2.28. The maximum atomic E-state index is 2.63. The molecule has 0 aromatic rings. The SMILES string of the molecule is CCSCN1CC(C)N(CSCC)CC1C. The van der Waals surface area contributed by atoms with E-state index >= 15 is 0 Å². The van der Waals surface area contributed by atoms with Crippen LogP contribution in [-0.4, -0.2) is 58.2 Å². The van der Waals surface area contributed by atoms with E-state index in [1.54, 1.807) is 0 Å². The average molecular weight is 262 g/mol. The summed E-state index contributed by atoms with van der Waals surface area (Å²) < 4.78 is 0. The summed E-state index contributed by atoms with van der Waals surface area (Å²) in [6, 6.07) is 1.43. The fraction of sp³-hybridized carbons (Fsp3) is 1.00. The summed E-state index contributed by atoms with van der Waals surface area (Å²) >= 11 is 4.08. The van der Waals surface area contributed by atoms with Gasteiger partial charge in [0.1, 0.15) is 0 Å². The van der Waals surface area contributed by atoms with Crippen LogP contribution < -0.4 is 0 Å². The molecule has 0 aliphatic carbocycles. The second-order valence-electron chi connectivity index (χ2n) is 4.48. The highest BCUT2D eigenvalue weighted by Crippen LogP contribution is 2.19. The summed E-state index contributed by atoms with van der Waals surface area (Å²) in [5.74, 6) is 4.87. The monoisotopic (exact) mass is 262 g/mol. The van der Waals surface area contributed by atoms with Crippen LogP contribution in [0.3, 0.4) is 0 Å². The van der Waals surface area contributed by atoms with E-state index in [9.17, 15) is 0 Å². The van der Waals surface area contributed by atoms with Crippen molar-refractivity contribution in [3.63, 3.8) is 0 Å². The Hall–Kier alpha value is 0.620. The van der Waals surface area contributed by atoms with Crippen LogP contribution in [0.1, 0.15) is 27.7 Å². The minimum Gasteiger partial charge on any atom is -0.289 e. The first-order chi connectivity index (χ1) is 7.69. The first-order valence-electron chi connectivity index (χ1n) is 6.32. The molecule has 4 heteroatoms. The van der Waals surface area contributed by atoms with Crippen LogP contribution in [0.4, 0.5) is 0 Å². The minimum absolute atomic E-state index is 0.715. The number of nitrogens with zero attached hydrogens (tertiary/aromatic N) is 2. The molecule has 0 spiro atoms. The first-order valence-corrected chi connectivity index (χ1v) is 8.63. The third kappa shape index (κ3) is 4.47. The van der Waals surface area contributed by atoms with Crippen molar-refractivity contribution in [2.45, 2.75) is 39.8 Å². The molecule has 16 heavy (non-hydrogen) atoms. The quantitative estimate of drug-likeness (QED) is 0.726. The molecule has 1 aliphatic heterocycles. The number of rotatable bonds is 6. The second-order valence-corrected chi connectivity index (χ2v) is 6.97. The van der Waals surface area contributed by atoms with Crippen LogP contribution in [0.2, 0.25) is 0 Å². The van der Waals surface area contributed by atoms with E-state index in [1.807, 2.05) is 23.5 Å². The summed E-state index contributed by atoms with van der Waals surface area (Å²) in [5, 5.41) is 0. The van der Waals surface area contributed by atoms with Crippen LogP contribution in [0, 0.1) is 0 Å². The van der Waals surface area contributed by atoms with Gasteiger partial charge in [0, 0.05) is 36.9 Å². The van der Waals surface area contributed by atoms with Crippen molar-refractivity contribution < 1.29 is 0 Å². The van der Waals surface area contributed by atoms with Crippen molar-refractivity contribution in [1.29, 1.82) is 0 Å². The summed E-state index contributed by atoms with van der Waals surface area (Å²) in [5.41, 5.74) is 0. The molecule has 0 saturated carbocycles.